The van der Waals surface area contributed by atoms with Gasteiger partial charge >= 0.3 is 0 Å². The van der Waals surface area contributed by atoms with Gasteiger partial charge in [0.1, 0.15) is 5.82 Å². The van der Waals surface area contributed by atoms with Crippen LogP contribution >= 0.6 is 0 Å². The van der Waals surface area contributed by atoms with Crippen LogP contribution in [0, 0.1) is 6.92 Å². The minimum Gasteiger partial charge on any atom is -0.342 e. The Kier molecular flexibility index (Phi) is 3.50. The number of nitrogens with zero attached hydrogens (tertiary/aromatic N) is 2. The lowest BCUT2D eigenvalue weighted by Crippen LogP contribution is -1.86. The summed E-state index contributed by atoms with van der Waals surface area (Å²) in [5.74, 6) is 1.09. The molecule has 0 bridgehead atoms. The first-order valence-electron chi connectivity index (χ1n) is 7.17. The summed E-state index contributed by atoms with van der Waals surface area (Å²) in [5.41, 5.74) is 5.75. The maximum atomic E-state index is 4.71. The normalized spacial score (nSPS) is 11.1. The van der Waals surface area contributed by atoms with Crippen LogP contribution in [-0.4, -0.2) is 15.0 Å². The number of nitrogens with one attached hydrogen (secondary N) is 1. The van der Waals surface area contributed by atoms with Gasteiger partial charge in [0.25, 0.3) is 0 Å². The van der Waals surface area contributed by atoms with E-state index < -0.39 is 0 Å². The van der Waals surface area contributed by atoms with E-state index in [9.17, 15) is 0 Å². The van der Waals surface area contributed by atoms with Gasteiger partial charge in [0.15, 0.2) is 0 Å². The van der Waals surface area contributed by atoms with Crippen molar-refractivity contribution in [2.24, 2.45) is 0 Å². The Bertz CT molecular complexity index is 714. The monoisotopic (exact) mass is 265 g/mol. The van der Waals surface area contributed by atoms with Gasteiger partial charge in [-0.1, -0.05) is 19.4 Å². The molecule has 3 heteroatoms. The van der Waals surface area contributed by atoms with Crippen molar-refractivity contribution in [3.63, 3.8) is 0 Å². The number of fused-ring (bicyclic) bond motifs is 1. The first-order valence-corrected chi connectivity index (χ1v) is 7.17. The molecule has 0 saturated carbocycles. The highest BCUT2D eigenvalue weighted by atomic mass is 14.9. The molecule has 3 nitrogen and oxygen atoms in total. The Morgan fingerprint density at radius 2 is 2.10 bits per heavy atom. The van der Waals surface area contributed by atoms with Gasteiger partial charge in [-0.25, -0.2) is 4.98 Å². The van der Waals surface area contributed by atoms with Crippen LogP contribution in [0.25, 0.3) is 22.2 Å². The standard InChI is InChI=1S/C17H19N3/c1-3-4-7-16-19-15-10-14(9-12(2)17(15)20-16)13-6-5-8-18-11-13/h5-6,8-11H,3-4,7H2,1-2H3,(H,19,20). The molecule has 0 amide bonds. The van der Waals surface area contributed by atoms with Gasteiger partial charge in [0, 0.05) is 24.4 Å². The van der Waals surface area contributed by atoms with Crippen molar-refractivity contribution in [3.8, 4) is 11.1 Å². The number of unbranched alkanes of at least 4 members (excludes halogenated alkanes) is 1. The number of aromatic amines is 1. The van der Waals surface area contributed by atoms with Crippen molar-refractivity contribution >= 4 is 11.0 Å². The van der Waals surface area contributed by atoms with Crippen LogP contribution in [0.15, 0.2) is 36.7 Å². The van der Waals surface area contributed by atoms with Crippen LogP contribution in [-0.2, 0) is 6.42 Å². The zero-order valence-corrected chi connectivity index (χ0v) is 12.0. The van der Waals surface area contributed by atoms with Gasteiger partial charge in [0.05, 0.1) is 11.0 Å². The molecule has 0 fully saturated rings. The molecule has 2 heterocycles. The predicted octanol–water partition coefficient (Wildman–Crippen LogP) is 4.28. The summed E-state index contributed by atoms with van der Waals surface area (Å²) in [4.78, 5) is 12.4. The van der Waals surface area contributed by atoms with Gasteiger partial charge < -0.3 is 4.98 Å². The molecule has 0 unspecified atom stereocenters. The summed E-state index contributed by atoms with van der Waals surface area (Å²) in [6.07, 6.45) is 7.08. The van der Waals surface area contributed by atoms with Crippen molar-refractivity contribution < 1.29 is 0 Å². The van der Waals surface area contributed by atoms with Crippen LogP contribution in [0.5, 0.6) is 0 Å². The van der Waals surface area contributed by atoms with E-state index in [-0.39, 0.29) is 0 Å². The van der Waals surface area contributed by atoms with Gasteiger partial charge in [-0.15, -0.1) is 0 Å². The van der Waals surface area contributed by atoms with E-state index in [2.05, 4.69) is 42.0 Å². The van der Waals surface area contributed by atoms with Gasteiger partial charge in [-0.3, -0.25) is 4.98 Å². The van der Waals surface area contributed by atoms with Crippen LogP contribution in [0.3, 0.4) is 0 Å². The smallest absolute Gasteiger partial charge is 0.107 e. The fourth-order valence-corrected chi connectivity index (χ4v) is 2.50. The summed E-state index contributed by atoms with van der Waals surface area (Å²) >= 11 is 0. The molecule has 0 aliphatic heterocycles. The van der Waals surface area contributed by atoms with Gasteiger partial charge in [-0.2, -0.15) is 0 Å². The van der Waals surface area contributed by atoms with E-state index in [1.54, 1.807) is 6.20 Å². The van der Waals surface area contributed by atoms with E-state index >= 15 is 0 Å². The highest BCUT2D eigenvalue weighted by Crippen LogP contribution is 2.26. The average molecular weight is 265 g/mol. The maximum Gasteiger partial charge on any atom is 0.107 e. The summed E-state index contributed by atoms with van der Waals surface area (Å²) in [7, 11) is 0. The summed E-state index contributed by atoms with van der Waals surface area (Å²) in [6.45, 7) is 4.32. The number of benzene rings is 1. The Labute approximate surface area is 119 Å². The minimum absolute atomic E-state index is 1.02. The van der Waals surface area contributed by atoms with Crippen molar-refractivity contribution in [1.29, 1.82) is 0 Å². The second kappa shape index (κ2) is 5.45. The molecule has 0 atom stereocenters. The molecule has 1 aromatic carbocycles. The van der Waals surface area contributed by atoms with E-state index in [0.29, 0.717) is 0 Å². The zero-order valence-electron chi connectivity index (χ0n) is 12.0. The van der Waals surface area contributed by atoms with E-state index in [0.717, 1.165) is 28.8 Å². The third kappa shape index (κ3) is 2.44. The highest BCUT2D eigenvalue weighted by Gasteiger charge is 2.08. The first-order chi connectivity index (χ1) is 9.78. The number of aryl methyl sites for hydroxylation is 2. The molecule has 0 aliphatic rings. The largest absolute Gasteiger partial charge is 0.342 e. The molecule has 3 aromatic rings. The fraction of sp³-hybridized carbons (Fsp3) is 0.294. The molecule has 1 N–H and O–H groups in total. The van der Waals surface area contributed by atoms with Crippen LogP contribution in [0.1, 0.15) is 31.2 Å². The van der Waals surface area contributed by atoms with E-state index in [1.807, 2.05) is 12.3 Å². The molecule has 20 heavy (non-hydrogen) atoms. The van der Waals surface area contributed by atoms with E-state index in [4.69, 9.17) is 4.98 Å². The Morgan fingerprint density at radius 3 is 2.85 bits per heavy atom. The van der Waals surface area contributed by atoms with Gasteiger partial charge in [0.2, 0.25) is 0 Å². The van der Waals surface area contributed by atoms with Gasteiger partial charge in [-0.05, 0) is 42.7 Å². The summed E-state index contributed by atoms with van der Waals surface area (Å²) < 4.78 is 0. The second-order valence-corrected chi connectivity index (χ2v) is 5.22. The Morgan fingerprint density at radius 1 is 1.20 bits per heavy atom. The lowest BCUT2D eigenvalue weighted by molar-refractivity contribution is 0.765. The number of rotatable bonds is 4. The third-order valence-electron chi connectivity index (χ3n) is 3.59. The number of hydrogen-bond donors (Lipinski definition) is 1. The highest BCUT2D eigenvalue weighted by molar-refractivity contribution is 5.84. The Hall–Kier alpha value is -2.16. The third-order valence-corrected chi connectivity index (χ3v) is 3.59. The maximum absolute atomic E-state index is 4.71. The molecule has 0 spiro atoms. The van der Waals surface area contributed by atoms with Crippen LogP contribution in [0.4, 0.5) is 0 Å². The van der Waals surface area contributed by atoms with Crippen LogP contribution in [0.2, 0.25) is 0 Å². The second-order valence-electron chi connectivity index (χ2n) is 5.22. The summed E-state index contributed by atoms with van der Waals surface area (Å²) in [6, 6.07) is 8.40. The number of pyridine rings is 1. The molecule has 3 rings (SSSR count). The van der Waals surface area contributed by atoms with Crippen molar-refractivity contribution in [3.05, 3.63) is 48.0 Å². The van der Waals surface area contributed by atoms with Crippen molar-refractivity contribution in [1.82, 2.24) is 15.0 Å². The first kappa shape index (κ1) is 12.9. The van der Waals surface area contributed by atoms with Crippen LogP contribution < -0.4 is 0 Å². The number of hydrogen-bond acceptors (Lipinski definition) is 2. The number of aromatic nitrogens is 3. The van der Waals surface area contributed by atoms with E-state index in [1.165, 1.54) is 24.0 Å². The molecular weight excluding hydrogens is 246 g/mol. The fourth-order valence-electron chi connectivity index (χ4n) is 2.50. The van der Waals surface area contributed by atoms with Crippen molar-refractivity contribution in [2.45, 2.75) is 33.1 Å². The molecule has 2 aromatic heterocycles. The van der Waals surface area contributed by atoms with Crippen molar-refractivity contribution in [2.75, 3.05) is 0 Å². The lowest BCUT2D eigenvalue weighted by atomic mass is 10.0. The number of H-pyrrole nitrogens is 1. The summed E-state index contributed by atoms with van der Waals surface area (Å²) in [5, 5.41) is 0. The zero-order chi connectivity index (χ0) is 13.9. The molecular formula is C17H19N3. The average Bonchev–Trinajstić information content (AvgIpc) is 2.89. The molecule has 0 saturated heterocycles. The molecule has 102 valence electrons. The quantitative estimate of drug-likeness (QED) is 0.765. The topological polar surface area (TPSA) is 41.6 Å². The number of imidazole rings is 1. The molecule has 0 aliphatic carbocycles. The minimum atomic E-state index is 1.02. The lowest BCUT2D eigenvalue weighted by Gasteiger charge is -2.03. The SMILES string of the molecule is CCCCc1nc2c(C)cc(-c3cccnc3)cc2[nH]1. The predicted molar refractivity (Wildman–Crippen MR) is 82.7 cm³/mol. The Balaban J connectivity index is 2.05. The molecule has 0 radical (unpaired) electrons.